The number of hydrogen-bond acceptors (Lipinski definition) is 7. The summed E-state index contributed by atoms with van der Waals surface area (Å²) in [6.07, 6.45) is 2.06. The summed E-state index contributed by atoms with van der Waals surface area (Å²) in [6.45, 7) is 3.97. The van der Waals surface area contributed by atoms with Gasteiger partial charge in [0.15, 0.2) is 16.7 Å². The van der Waals surface area contributed by atoms with Crippen LogP contribution in [0.25, 0.3) is 10.9 Å². The molecule has 0 saturated heterocycles. The summed E-state index contributed by atoms with van der Waals surface area (Å²) in [6, 6.07) is 12.2. The van der Waals surface area contributed by atoms with E-state index in [4.69, 9.17) is 30.5 Å². The maximum atomic E-state index is 13.6. The van der Waals surface area contributed by atoms with Gasteiger partial charge in [0.05, 0.1) is 43.2 Å². The van der Waals surface area contributed by atoms with Gasteiger partial charge in [-0.15, -0.1) is 0 Å². The molecule has 0 aliphatic carbocycles. The van der Waals surface area contributed by atoms with Crippen LogP contribution in [0.15, 0.2) is 63.1 Å². The van der Waals surface area contributed by atoms with Crippen molar-refractivity contribution in [3.63, 3.8) is 0 Å². The van der Waals surface area contributed by atoms with E-state index in [1.807, 2.05) is 19.9 Å². The van der Waals surface area contributed by atoms with E-state index in [1.165, 1.54) is 30.5 Å². The van der Waals surface area contributed by atoms with E-state index in [-0.39, 0.29) is 18.0 Å². The molecule has 0 aliphatic rings. The summed E-state index contributed by atoms with van der Waals surface area (Å²) < 4.78 is 17.8. The molecule has 188 valence electrons. The highest BCUT2D eigenvalue weighted by molar-refractivity contribution is 8.00. The van der Waals surface area contributed by atoms with Gasteiger partial charge in [-0.05, 0) is 49.2 Å². The quantitative estimate of drug-likeness (QED) is 0.226. The number of benzene rings is 2. The predicted octanol–water partition coefficient (Wildman–Crippen LogP) is 5.53. The van der Waals surface area contributed by atoms with Crippen LogP contribution < -0.4 is 20.3 Å². The third-order valence-electron chi connectivity index (χ3n) is 5.67. The molecular weight excluding hydrogens is 502 g/mol. The largest absolute Gasteiger partial charge is 0.493 e. The summed E-state index contributed by atoms with van der Waals surface area (Å²) >= 11 is 7.43. The highest BCUT2D eigenvalue weighted by atomic mass is 35.5. The number of ether oxygens (including phenoxy) is 2. The molecule has 4 aromatic rings. The normalized spacial score (nSPS) is 11.9. The molecule has 0 bridgehead atoms. The van der Waals surface area contributed by atoms with Crippen molar-refractivity contribution in [2.75, 3.05) is 19.5 Å². The fraction of sp³-hybridized carbons (Fsp3) is 0.269. The molecule has 0 unspecified atom stereocenters. The third-order valence-corrected chi connectivity index (χ3v) is 7.43. The molecule has 10 heteroatoms. The SMILES string of the molecule is CC[C@H](Sc1nc2cc(OC)c(OC)cc2c(=O)n1Cc1ccco1)C(=O)Nc1ccc(C)c(Cl)c1. The molecule has 4 rings (SSSR count). The number of aryl methyl sites for hydroxylation is 1. The predicted molar refractivity (Wildman–Crippen MR) is 142 cm³/mol. The molecule has 0 radical (unpaired) electrons. The Hall–Kier alpha value is -3.43. The average Bonchev–Trinajstić information content (AvgIpc) is 3.39. The number of hydrogen-bond donors (Lipinski definition) is 1. The number of furan rings is 1. The van der Waals surface area contributed by atoms with E-state index >= 15 is 0 Å². The first kappa shape index (κ1) is 25.7. The first-order valence-corrected chi connectivity index (χ1v) is 12.5. The molecule has 0 saturated carbocycles. The number of thioether (sulfide) groups is 1. The van der Waals surface area contributed by atoms with Crippen LogP contribution in [0.4, 0.5) is 5.69 Å². The van der Waals surface area contributed by atoms with E-state index in [0.29, 0.717) is 50.4 Å². The number of aromatic nitrogens is 2. The van der Waals surface area contributed by atoms with Crippen molar-refractivity contribution in [2.45, 2.75) is 37.2 Å². The van der Waals surface area contributed by atoms with E-state index in [0.717, 1.165) is 5.56 Å². The number of amides is 1. The summed E-state index contributed by atoms with van der Waals surface area (Å²) in [7, 11) is 3.03. The van der Waals surface area contributed by atoms with Gasteiger partial charge in [-0.2, -0.15) is 0 Å². The highest BCUT2D eigenvalue weighted by Crippen LogP contribution is 2.32. The number of rotatable bonds is 9. The molecule has 36 heavy (non-hydrogen) atoms. The second kappa shape index (κ2) is 11.1. The van der Waals surface area contributed by atoms with Crippen LogP contribution in [0.3, 0.4) is 0 Å². The van der Waals surface area contributed by atoms with E-state index in [2.05, 4.69) is 5.32 Å². The fourth-order valence-corrected chi connectivity index (χ4v) is 4.85. The lowest BCUT2D eigenvalue weighted by Gasteiger charge is -2.18. The van der Waals surface area contributed by atoms with Crippen molar-refractivity contribution >= 4 is 45.9 Å². The van der Waals surface area contributed by atoms with Crippen LogP contribution in [0.5, 0.6) is 11.5 Å². The van der Waals surface area contributed by atoms with Crippen molar-refractivity contribution in [1.82, 2.24) is 9.55 Å². The molecule has 0 spiro atoms. The van der Waals surface area contributed by atoms with E-state index in [1.54, 1.807) is 42.7 Å². The van der Waals surface area contributed by atoms with E-state index in [9.17, 15) is 9.59 Å². The van der Waals surface area contributed by atoms with Gasteiger partial charge in [-0.3, -0.25) is 14.2 Å². The number of carbonyl (C=O) groups excluding carboxylic acids is 1. The van der Waals surface area contributed by atoms with Crippen molar-refractivity contribution in [3.8, 4) is 11.5 Å². The van der Waals surface area contributed by atoms with Crippen molar-refractivity contribution < 1.29 is 18.7 Å². The van der Waals surface area contributed by atoms with Gasteiger partial charge in [0, 0.05) is 16.8 Å². The number of nitrogens with one attached hydrogen (secondary N) is 1. The Bertz CT molecular complexity index is 1450. The van der Waals surface area contributed by atoms with Crippen LogP contribution in [0.1, 0.15) is 24.7 Å². The van der Waals surface area contributed by atoms with Crippen LogP contribution in [0.2, 0.25) is 5.02 Å². The first-order chi connectivity index (χ1) is 17.3. The smallest absolute Gasteiger partial charge is 0.262 e. The van der Waals surface area contributed by atoms with Gasteiger partial charge in [-0.25, -0.2) is 4.98 Å². The monoisotopic (exact) mass is 527 g/mol. The van der Waals surface area contributed by atoms with Crippen molar-refractivity contribution in [3.05, 3.63) is 75.4 Å². The van der Waals surface area contributed by atoms with Crippen LogP contribution in [-0.2, 0) is 11.3 Å². The first-order valence-electron chi connectivity index (χ1n) is 11.3. The number of fused-ring (bicyclic) bond motifs is 1. The lowest BCUT2D eigenvalue weighted by atomic mass is 10.2. The number of carbonyl (C=O) groups is 1. The zero-order valence-electron chi connectivity index (χ0n) is 20.3. The maximum Gasteiger partial charge on any atom is 0.262 e. The lowest BCUT2D eigenvalue weighted by Crippen LogP contribution is -2.28. The molecule has 0 fully saturated rings. The highest BCUT2D eigenvalue weighted by Gasteiger charge is 2.23. The zero-order chi connectivity index (χ0) is 25.8. The van der Waals surface area contributed by atoms with Gasteiger partial charge in [0.25, 0.3) is 5.56 Å². The number of methoxy groups -OCH3 is 2. The summed E-state index contributed by atoms with van der Waals surface area (Å²) in [5.74, 6) is 1.26. The minimum Gasteiger partial charge on any atom is -0.493 e. The molecule has 1 N–H and O–H groups in total. The fourth-order valence-electron chi connectivity index (χ4n) is 3.66. The van der Waals surface area contributed by atoms with Gasteiger partial charge < -0.3 is 19.2 Å². The Balaban J connectivity index is 1.74. The van der Waals surface area contributed by atoms with Gasteiger partial charge in [0.2, 0.25) is 5.91 Å². The van der Waals surface area contributed by atoms with Gasteiger partial charge in [0.1, 0.15) is 5.76 Å². The third kappa shape index (κ3) is 5.37. The van der Waals surface area contributed by atoms with Crippen LogP contribution in [0, 0.1) is 6.92 Å². The summed E-state index contributed by atoms with van der Waals surface area (Å²) in [4.78, 5) is 31.5. The zero-order valence-corrected chi connectivity index (χ0v) is 21.9. The summed E-state index contributed by atoms with van der Waals surface area (Å²) in [5.41, 5.74) is 1.69. The molecule has 0 aliphatic heterocycles. The molecule has 2 aromatic carbocycles. The van der Waals surface area contributed by atoms with Crippen molar-refractivity contribution in [1.29, 1.82) is 0 Å². The number of anilines is 1. The number of nitrogens with zero attached hydrogens (tertiary/aromatic N) is 2. The molecule has 1 atom stereocenters. The molecule has 2 heterocycles. The summed E-state index contributed by atoms with van der Waals surface area (Å²) in [5, 5.41) is 3.73. The Kier molecular flexibility index (Phi) is 7.91. The molecule has 1 amide bonds. The van der Waals surface area contributed by atoms with Gasteiger partial charge >= 0.3 is 0 Å². The van der Waals surface area contributed by atoms with Crippen LogP contribution in [-0.4, -0.2) is 34.9 Å². The standard InChI is InChI=1S/C26H26ClN3O5S/c1-5-23(24(31)28-16-9-8-15(2)19(27)11-16)36-26-29-20-13-22(34-4)21(33-3)12-18(20)25(32)30(26)14-17-7-6-10-35-17/h6-13,23H,5,14H2,1-4H3,(H,28,31)/t23-/m0/s1. The Morgan fingerprint density at radius 1 is 1.19 bits per heavy atom. The van der Waals surface area contributed by atoms with Crippen LogP contribution >= 0.6 is 23.4 Å². The molecule has 8 nitrogen and oxygen atoms in total. The van der Waals surface area contributed by atoms with E-state index < -0.39 is 5.25 Å². The van der Waals surface area contributed by atoms with Crippen molar-refractivity contribution in [2.24, 2.45) is 0 Å². The topological polar surface area (TPSA) is 95.6 Å². The minimum atomic E-state index is -0.516. The Morgan fingerprint density at radius 2 is 1.94 bits per heavy atom. The minimum absolute atomic E-state index is 0.164. The average molecular weight is 528 g/mol. The molecule has 2 aromatic heterocycles. The van der Waals surface area contributed by atoms with Gasteiger partial charge in [-0.1, -0.05) is 36.4 Å². The Labute approximate surface area is 217 Å². The lowest BCUT2D eigenvalue weighted by molar-refractivity contribution is -0.115. The molecular formula is C26H26ClN3O5S. The maximum absolute atomic E-state index is 13.6. The Morgan fingerprint density at radius 3 is 2.58 bits per heavy atom. The second-order valence-electron chi connectivity index (χ2n) is 8.06. The second-order valence-corrected chi connectivity index (χ2v) is 9.63. The number of halogens is 1.